The summed E-state index contributed by atoms with van der Waals surface area (Å²) in [5.41, 5.74) is 3.30. The number of H-pyrrole nitrogens is 1. The number of benzene rings is 1. The number of hydrogen-bond acceptors (Lipinski definition) is 6. The van der Waals surface area contributed by atoms with E-state index in [2.05, 4.69) is 43.5 Å². The number of nitrogens with zero attached hydrogens (tertiary/aromatic N) is 3. The number of thiazole rings is 1. The van der Waals surface area contributed by atoms with Gasteiger partial charge in [-0.15, -0.1) is 0 Å². The van der Waals surface area contributed by atoms with Crippen LogP contribution in [-0.2, 0) is 6.42 Å². The molecule has 0 spiro atoms. The number of nitrogens with one attached hydrogen (secondary N) is 2. The monoisotopic (exact) mass is 393 g/mol. The van der Waals surface area contributed by atoms with E-state index < -0.39 is 5.60 Å². The van der Waals surface area contributed by atoms with Gasteiger partial charge in [0.15, 0.2) is 10.8 Å². The van der Waals surface area contributed by atoms with Gasteiger partial charge in [0.2, 0.25) is 0 Å². The Morgan fingerprint density at radius 3 is 2.89 bits per heavy atom. The minimum atomic E-state index is -0.587. The Hall–Kier alpha value is -2.51. The highest BCUT2D eigenvalue weighted by Crippen LogP contribution is 2.31. The second-order valence-corrected chi connectivity index (χ2v) is 8.73. The van der Waals surface area contributed by atoms with E-state index in [1.807, 2.05) is 12.1 Å². The van der Waals surface area contributed by atoms with Crippen LogP contribution in [0.4, 0.5) is 5.13 Å². The van der Waals surface area contributed by atoms with Crippen LogP contribution in [0.15, 0.2) is 36.5 Å². The smallest absolute Gasteiger partial charge is 0.183 e. The molecule has 3 aromatic heterocycles. The molecule has 0 bridgehead atoms. The fraction of sp³-hybridized carbons (Fsp3) is 0.381. The molecule has 7 heteroatoms. The van der Waals surface area contributed by atoms with Crippen molar-refractivity contribution in [2.75, 3.05) is 11.9 Å². The highest BCUT2D eigenvalue weighted by atomic mass is 32.1. The standard InChI is InChI=1S/C21H23N5OS/c27-21(8-2-1-3-9-21)13-23-20-25-15-7-6-14(11-17(15)28-20)12-18-24-16-5-4-10-22-19(16)26-18/h4-7,10-11,27H,1-3,8-9,12-13H2,(H,23,25)(H,22,24,26). The lowest BCUT2D eigenvalue weighted by Gasteiger charge is -2.31. The maximum atomic E-state index is 10.7. The Morgan fingerprint density at radius 2 is 2.04 bits per heavy atom. The number of fused-ring (bicyclic) bond motifs is 2. The molecular formula is C21H23N5OS. The lowest BCUT2D eigenvalue weighted by molar-refractivity contribution is 0.0167. The highest BCUT2D eigenvalue weighted by Gasteiger charge is 2.29. The fourth-order valence-corrected chi connectivity index (χ4v) is 4.88. The normalized spacial score (nSPS) is 16.6. The number of anilines is 1. The van der Waals surface area contributed by atoms with E-state index in [1.54, 1.807) is 17.5 Å². The van der Waals surface area contributed by atoms with Gasteiger partial charge < -0.3 is 15.4 Å². The SMILES string of the molecule is OC1(CNc2nc3ccc(Cc4nc5ncccc5[nH]4)cc3s2)CCCCC1. The minimum absolute atomic E-state index is 0.575. The molecule has 1 aliphatic rings. The summed E-state index contributed by atoms with van der Waals surface area (Å²) in [6.07, 6.45) is 7.69. The van der Waals surface area contributed by atoms with Crippen LogP contribution in [0, 0.1) is 0 Å². The van der Waals surface area contributed by atoms with Gasteiger partial charge in [-0.05, 0) is 42.7 Å². The number of aliphatic hydroxyl groups is 1. The van der Waals surface area contributed by atoms with Crippen molar-refractivity contribution in [3.63, 3.8) is 0 Å². The molecule has 0 radical (unpaired) electrons. The largest absolute Gasteiger partial charge is 0.388 e. The van der Waals surface area contributed by atoms with Crippen molar-refractivity contribution in [2.45, 2.75) is 44.1 Å². The molecule has 0 amide bonds. The van der Waals surface area contributed by atoms with Crippen molar-refractivity contribution in [3.05, 3.63) is 47.9 Å². The Labute approximate surface area is 167 Å². The predicted molar refractivity (Wildman–Crippen MR) is 113 cm³/mol. The molecule has 4 aromatic rings. The number of aromatic amines is 1. The number of rotatable bonds is 5. The first-order valence-electron chi connectivity index (χ1n) is 9.82. The third kappa shape index (κ3) is 3.59. The molecule has 0 aliphatic heterocycles. The lowest BCUT2D eigenvalue weighted by atomic mass is 9.85. The molecule has 5 rings (SSSR count). The maximum Gasteiger partial charge on any atom is 0.183 e. The van der Waals surface area contributed by atoms with Gasteiger partial charge in [-0.2, -0.15) is 0 Å². The maximum absolute atomic E-state index is 10.7. The lowest BCUT2D eigenvalue weighted by Crippen LogP contribution is -2.38. The Kier molecular flexibility index (Phi) is 4.49. The van der Waals surface area contributed by atoms with Crippen LogP contribution in [0.3, 0.4) is 0 Å². The summed E-state index contributed by atoms with van der Waals surface area (Å²) < 4.78 is 1.14. The Bertz CT molecular complexity index is 1080. The van der Waals surface area contributed by atoms with E-state index in [9.17, 15) is 5.11 Å². The van der Waals surface area contributed by atoms with Crippen molar-refractivity contribution in [1.29, 1.82) is 0 Å². The van der Waals surface area contributed by atoms with Crippen LogP contribution in [0.5, 0.6) is 0 Å². The molecule has 1 saturated carbocycles. The van der Waals surface area contributed by atoms with Crippen LogP contribution < -0.4 is 5.32 Å². The van der Waals surface area contributed by atoms with Crippen LogP contribution in [0.25, 0.3) is 21.4 Å². The van der Waals surface area contributed by atoms with Crippen LogP contribution in [-0.4, -0.2) is 37.2 Å². The first kappa shape index (κ1) is 17.6. The molecule has 0 atom stereocenters. The van der Waals surface area contributed by atoms with E-state index in [0.29, 0.717) is 6.54 Å². The summed E-state index contributed by atoms with van der Waals surface area (Å²) in [5, 5.41) is 14.9. The average molecular weight is 394 g/mol. The Morgan fingerprint density at radius 1 is 1.14 bits per heavy atom. The van der Waals surface area contributed by atoms with E-state index in [1.165, 1.54) is 12.0 Å². The molecule has 1 aliphatic carbocycles. The highest BCUT2D eigenvalue weighted by molar-refractivity contribution is 7.22. The van der Waals surface area contributed by atoms with Crippen LogP contribution in [0.2, 0.25) is 0 Å². The van der Waals surface area contributed by atoms with Gasteiger partial charge >= 0.3 is 0 Å². The summed E-state index contributed by atoms with van der Waals surface area (Å²) in [4.78, 5) is 16.9. The second kappa shape index (κ2) is 7.14. The summed E-state index contributed by atoms with van der Waals surface area (Å²) in [6.45, 7) is 0.575. The zero-order chi connectivity index (χ0) is 19.0. The molecule has 144 valence electrons. The molecule has 28 heavy (non-hydrogen) atoms. The zero-order valence-corrected chi connectivity index (χ0v) is 16.4. The molecule has 3 N–H and O–H groups in total. The summed E-state index contributed by atoms with van der Waals surface area (Å²) in [7, 11) is 0. The van der Waals surface area contributed by atoms with Crippen LogP contribution in [0.1, 0.15) is 43.5 Å². The Balaban J connectivity index is 1.31. The first-order valence-corrected chi connectivity index (χ1v) is 10.6. The van der Waals surface area contributed by atoms with Gasteiger partial charge in [-0.25, -0.2) is 15.0 Å². The van der Waals surface area contributed by atoms with Crippen molar-refractivity contribution < 1.29 is 5.11 Å². The molecule has 0 unspecified atom stereocenters. The first-order chi connectivity index (χ1) is 13.7. The summed E-state index contributed by atoms with van der Waals surface area (Å²) >= 11 is 1.64. The summed E-state index contributed by atoms with van der Waals surface area (Å²) in [5.74, 6) is 0.912. The molecule has 0 saturated heterocycles. The molecule has 6 nitrogen and oxygen atoms in total. The topological polar surface area (TPSA) is 86.7 Å². The van der Waals surface area contributed by atoms with Gasteiger partial charge in [0, 0.05) is 19.2 Å². The number of imidazole rings is 1. The van der Waals surface area contributed by atoms with Crippen molar-refractivity contribution in [3.8, 4) is 0 Å². The van der Waals surface area contributed by atoms with Gasteiger partial charge in [-0.3, -0.25) is 0 Å². The number of pyridine rings is 1. The minimum Gasteiger partial charge on any atom is -0.388 e. The quantitative estimate of drug-likeness (QED) is 0.471. The van der Waals surface area contributed by atoms with Crippen molar-refractivity contribution in [1.82, 2.24) is 19.9 Å². The number of hydrogen-bond donors (Lipinski definition) is 3. The molecule has 1 aromatic carbocycles. The summed E-state index contributed by atoms with van der Waals surface area (Å²) in [6, 6.07) is 10.2. The van der Waals surface area contributed by atoms with Gasteiger partial charge in [-0.1, -0.05) is 36.7 Å². The third-order valence-electron chi connectivity index (χ3n) is 5.48. The van der Waals surface area contributed by atoms with E-state index >= 15 is 0 Å². The van der Waals surface area contributed by atoms with Gasteiger partial charge in [0.05, 0.1) is 21.3 Å². The van der Waals surface area contributed by atoms with Crippen molar-refractivity contribution in [2.24, 2.45) is 0 Å². The zero-order valence-electron chi connectivity index (χ0n) is 15.6. The number of aromatic nitrogens is 4. The third-order valence-corrected chi connectivity index (χ3v) is 6.46. The van der Waals surface area contributed by atoms with E-state index in [0.717, 1.165) is 64.4 Å². The van der Waals surface area contributed by atoms with Gasteiger partial charge in [0.25, 0.3) is 0 Å². The molecule has 1 fully saturated rings. The van der Waals surface area contributed by atoms with E-state index in [-0.39, 0.29) is 0 Å². The molecule has 3 heterocycles. The van der Waals surface area contributed by atoms with E-state index in [4.69, 9.17) is 0 Å². The van der Waals surface area contributed by atoms with Gasteiger partial charge in [0.1, 0.15) is 5.82 Å². The second-order valence-electron chi connectivity index (χ2n) is 7.69. The van der Waals surface area contributed by atoms with Crippen molar-refractivity contribution >= 4 is 37.8 Å². The average Bonchev–Trinajstić information content (AvgIpc) is 3.29. The predicted octanol–water partition coefficient (Wildman–Crippen LogP) is 4.27. The van der Waals surface area contributed by atoms with Crippen LogP contribution >= 0.6 is 11.3 Å². The molecular weight excluding hydrogens is 370 g/mol. The fourth-order valence-electron chi connectivity index (χ4n) is 3.95.